The van der Waals surface area contributed by atoms with E-state index in [1.807, 2.05) is 68.4 Å². The molecule has 1 saturated carbocycles. The third kappa shape index (κ3) is 3.92. The number of benzene rings is 2. The molecule has 6 heteroatoms. The number of nitrogens with zero attached hydrogens (tertiary/aromatic N) is 2. The topological polar surface area (TPSA) is 70.1 Å². The summed E-state index contributed by atoms with van der Waals surface area (Å²) in [7, 11) is 0. The fourth-order valence-electron chi connectivity index (χ4n) is 4.09. The second-order valence-corrected chi connectivity index (χ2v) is 8.85. The van der Waals surface area contributed by atoms with E-state index in [1.54, 1.807) is 4.90 Å². The maximum Gasteiger partial charge on any atom is 0.411 e. The number of piperazine rings is 1. The van der Waals surface area contributed by atoms with Gasteiger partial charge in [-0.15, -0.1) is 0 Å². The van der Waals surface area contributed by atoms with Gasteiger partial charge < -0.3 is 14.7 Å². The summed E-state index contributed by atoms with van der Waals surface area (Å²) in [5.74, 6) is -0.152. The lowest BCUT2D eigenvalue weighted by Crippen LogP contribution is -2.63. The summed E-state index contributed by atoms with van der Waals surface area (Å²) < 4.78 is 5.45. The summed E-state index contributed by atoms with van der Waals surface area (Å²) in [6.07, 6.45) is 2.11. The molecule has 0 atom stereocenters. The summed E-state index contributed by atoms with van der Waals surface area (Å²) in [6, 6.07) is 17.0. The highest BCUT2D eigenvalue weighted by Gasteiger charge is 2.42. The third-order valence-electron chi connectivity index (χ3n) is 6.19. The van der Waals surface area contributed by atoms with Crippen molar-refractivity contribution < 1.29 is 19.4 Å². The molecule has 2 aliphatic rings. The van der Waals surface area contributed by atoms with Crippen molar-refractivity contribution in [1.29, 1.82) is 0 Å². The standard InChI is InChI=1S/C24H28N2O4/c1-23(2)17-25(20-11-9-19(10-12-20)24(29)13-6-14-24)21(27)15-26(23)22(28)30-16-18-7-4-3-5-8-18/h3-5,7-12,29H,6,13-17H2,1-2H3. The molecule has 158 valence electrons. The summed E-state index contributed by atoms with van der Waals surface area (Å²) in [5, 5.41) is 10.5. The summed E-state index contributed by atoms with van der Waals surface area (Å²) in [4.78, 5) is 28.7. The minimum absolute atomic E-state index is 0.0354. The van der Waals surface area contributed by atoms with E-state index in [9.17, 15) is 14.7 Å². The van der Waals surface area contributed by atoms with Gasteiger partial charge in [-0.25, -0.2) is 4.79 Å². The maximum absolute atomic E-state index is 12.8. The fourth-order valence-corrected chi connectivity index (χ4v) is 4.09. The molecule has 2 aromatic carbocycles. The first kappa shape index (κ1) is 20.4. The molecule has 0 radical (unpaired) electrons. The Morgan fingerprint density at radius 2 is 1.73 bits per heavy atom. The lowest BCUT2D eigenvalue weighted by molar-refractivity contribution is -0.123. The molecule has 2 aromatic rings. The average Bonchev–Trinajstić information content (AvgIpc) is 2.72. The van der Waals surface area contributed by atoms with Crippen LogP contribution in [0, 0.1) is 0 Å². The Balaban J connectivity index is 1.43. The van der Waals surface area contributed by atoms with E-state index in [1.165, 1.54) is 4.90 Å². The van der Waals surface area contributed by atoms with Gasteiger partial charge in [0.2, 0.25) is 5.91 Å². The number of carbonyl (C=O) groups is 2. The molecule has 0 unspecified atom stereocenters. The smallest absolute Gasteiger partial charge is 0.411 e. The van der Waals surface area contributed by atoms with Crippen LogP contribution >= 0.6 is 0 Å². The van der Waals surface area contributed by atoms with Crippen molar-refractivity contribution in [3.8, 4) is 0 Å². The van der Waals surface area contributed by atoms with Gasteiger partial charge in [0, 0.05) is 12.2 Å². The number of ether oxygens (including phenoxy) is 1. The number of hydrogen-bond donors (Lipinski definition) is 1. The molecule has 1 saturated heterocycles. The normalized spacial score (nSPS) is 19.9. The van der Waals surface area contributed by atoms with Gasteiger partial charge in [-0.05, 0) is 56.4 Å². The van der Waals surface area contributed by atoms with Gasteiger partial charge in [-0.2, -0.15) is 0 Å². The molecule has 4 rings (SSSR count). The highest BCUT2D eigenvalue weighted by molar-refractivity contribution is 5.97. The van der Waals surface area contributed by atoms with E-state index in [4.69, 9.17) is 4.74 Å². The number of rotatable bonds is 4. The van der Waals surface area contributed by atoms with E-state index in [-0.39, 0.29) is 19.1 Å². The number of carbonyl (C=O) groups excluding carboxylic acids is 2. The van der Waals surface area contributed by atoms with Crippen LogP contribution in [0.3, 0.4) is 0 Å². The van der Waals surface area contributed by atoms with Crippen molar-refractivity contribution in [2.45, 2.75) is 50.9 Å². The van der Waals surface area contributed by atoms with Crippen LogP contribution in [-0.2, 0) is 21.7 Å². The fraction of sp³-hybridized carbons (Fsp3) is 0.417. The van der Waals surface area contributed by atoms with E-state index < -0.39 is 17.2 Å². The van der Waals surface area contributed by atoms with Gasteiger partial charge in [0.15, 0.2) is 0 Å². The van der Waals surface area contributed by atoms with Crippen LogP contribution in [0.1, 0.15) is 44.2 Å². The van der Waals surface area contributed by atoms with Gasteiger partial charge in [-0.1, -0.05) is 42.5 Å². The lowest BCUT2D eigenvalue weighted by Gasteiger charge is -2.45. The van der Waals surface area contributed by atoms with E-state index in [0.29, 0.717) is 6.54 Å². The first-order chi connectivity index (χ1) is 14.3. The maximum atomic E-state index is 12.8. The van der Waals surface area contributed by atoms with Crippen LogP contribution in [0.2, 0.25) is 0 Å². The SMILES string of the molecule is CC1(C)CN(c2ccc(C3(O)CCC3)cc2)C(=O)CN1C(=O)OCc1ccccc1. The van der Waals surface area contributed by atoms with Crippen LogP contribution < -0.4 is 4.90 Å². The second-order valence-electron chi connectivity index (χ2n) is 8.85. The van der Waals surface area contributed by atoms with Gasteiger partial charge >= 0.3 is 6.09 Å². The Hall–Kier alpha value is -2.86. The van der Waals surface area contributed by atoms with Crippen molar-refractivity contribution in [2.24, 2.45) is 0 Å². The summed E-state index contributed by atoms with van der Waals surface area (Å²) in [6.45, 7) is 4.38. The second kappa shape index (κ2) is 7.76. The molecule has 2 amide bonds. The summed E-state index contributed by atoms with van der Waals surface area (Å²) >= 11 is 0. The molecule has 1 aliphatic heterocycles. The van der Waals surface area contributed by atoms with Gasteiger partial charge in [-0.3, -0.25) is 9.69 Å². The predicted molar refractivity (Wildman–Crippen MR) is 114 cm³/mol. The zero-order valence-electron chi connectivity index (χ0n) is 17.5. The zero-order chi connectivity index (χ0) is 21.4. The zero-order valence-corrected chi connectivity index (χ0v) is 17.5. The monoisotopic (exact) mass is 408 g/mol. The molecule has 1 N–H and O–H groups in total. The Morgan fingerprint density at radius 1 is 1.07 bits per heavy atom. The molecule has 2 fully saturated rings. The van der Waals surface area contributed by atoms with Crippen molar-refractivity contribution in [1.82, 2.24) is 4.90 Å². The molecule has 30 heavy (non-hydrogen) atoms. The lowest BCUT2D eigenvalue weighted by atomic mass is 9.75. The van der Waals surface area contributed by atoms with Gasteiger partial charge in [0.1, 0.15) is 13.2 Å². The largest absolute Gasteiger partial charge is 0.445 e. The van der Waals surface area contributed by atoms with Crippen LogP contribution in [0.4, 0.5) is 10.5 Å². The number of amides is 2. The Morgan fingerprint density at radius 3 is 2.33 bits per heavy atom. The molecule has 1 heterocycles. The highest BCUT2D eigenvalue weighted by atomic mass is 16.6. The molecule has 0 bridgehead atoms. The molecule has 0 aromatic heterocycles. The minimum atomic E-state index is -0.719. The number of aliphatic hydroxyl groups is 1. The van der Waals surface area contributed by atoms with Crippen LogP contribution in [0.5, 0.6) is 0 Å². The Bertz CT molecular complexity index is 920. The minimum Gasteiger partial charge on any atom is -0.445 e. The number of hydrogen-bond acceptors (Lipinski definition) is 4. The predicted octanol–water partition coefficient (Wildman–Crippen LogP) is 3.82. The first-order valence-corrected chi connectivity index (χ1v) is 10.4. The van der Waals surface area contributed by atoms with Crippen molar-refractivity contribution in [2.75, 3.05) is 18.0 Å². The Kier molecular flexibility index (Phi) is 5.28. The molecule has 1 aliphatic carbocycles. The van der Waals surface area contributed by atoms with E-state index in [2.05, 4.69) is 0 Å². The highest BCUT2D eigenvalue weighted by Crippen LogP contribution is 2.41. The van der Waals surface area contributed by atoms with Crippen molar-refractivity contribution >= 4 is 17.7 Å². The molecule has 6 nitrogen and oxygen atoms in total. The van der Waals surface area contributed by atoms with E-state index in [0.717, 1.165) is 36.1 Å². The molecular weight excluding hydrogens is 380 g/mol. The Labute approximate surface area is 177 Å². The quantitative estimate of drug-likeness (QED) is 0.835. The first-order valence-electron chi connectivity index (χ1n) is 10.4. The van der Waals surface area contributed by atoms with Crippen molar-refractivity contribution in [3.05, 3.63) is 65.7 Å². The third-order valence-corrected chi connectivity index (χ3v) is 6.19. The molecule has 0 spiro atoms. The van der Waals surface area contributed by atoms with Crippen LogP contribution in [0.25, 0.3) is 0 Å². The summed E-state index contributed by atoms with van der Waals surface area (Å²) in [5.41, 5.74) is 1.28. The van der Waals surface area contributed by atoms with Gasteiger partial charge in [0.05, 0.1) is 11.1 Å². The van der Waals surface area contributed by atoms with Crippen LogP contribution in [-0.4, -0.2) is 40.6 Å². The number of anilines is 1. The van der Waals surface area contributed by atoms with Crippen LogP contribution in [0.15, 0.2) is 54.6 Å². The van der Waals surface area contributed by atoms with Crippen molar-refractivity contribution in [3.63, 3.8) is 0 Å². The van der Waals surface area contributed by atoms with E-state index >= 15 is 0 Å². The molecular formula is C24H28N2O4. The average molecular weight is 408 g/mol. The van der Waals surface area contributed by atoms with Gasteiger partial charge in [0.25, 0.3) is 0 Å².